The fourth-order valence-corrected chi connectivity index (χ4v) is 3.23. The van der Waals surface area contributed by atoms with Crippen molar-refractivity contribution in [3.63, 3.8) is 0 Å². The molecule has 0 saturated carbocycles. The van der Waals surface area contributed by atoms with Crippen LogP contribution in [0.15, 0.2) is 0 Å². The normalized spacial score (nSPS) is 20.7. The van der Waals surface area contributed by atoms with Gasteiger partial charge in [-0.15, -0.1) is 0 Å². The van der Waals surface area contributed by atoms with E-state index >= 15 is 0 Å². The fourth-order valence-electron chi connectivity index (χ4n) is 3.23. The number of nitrogens with one attached hydrogen (secondary N) is 2. The Labute approximate surface area is 172 Å². The quantitative estimate of drug-likeness (QED) is 0.324. The van der Waals surface area contributed by atoms with Crippen LogP contribution in [-0.2, 0) is 19.1 Å². The summed E-state index contributed by atoms with van der Waals surface area (Å²) < 4.78 is 5.18. The molecule has 1 aliphatic rings. The molecule has 29 heavy (non-hydrogen) atoms. The van der Waals surface area contributed by atoms with E-state index in [-0.39, 0.29) is 31.1 Å². The molecule has 0 aromatic heterocycles. The van der Waals surface area contributed by atoms with E-state index < -0.39 is 23.6 Å². The van der Waals surface area contributed by atoms with Crippen molar-refractivity contribution in [3.05, 3.63) is 0 Å². The molecule has 3 amide bonds. The van der Waals surface area contributed by atoms with Crippen molar-refractivity contribution >= 4 is 24.2 Å². The first kappa shape index (κ1) is 24.8. The summed E-state index contributed by atoms with van der Waals surface area (Å²) in [7, 11) is 3.35. The van der Waals surface area contributed by atoms with Gasteiger partial charge in [-0.25, -0.2) is 4.79 Å². The number of nitrogens with zero attached hydrogens (tertiary/aromatic N) is 2. The van der Waals surface area contributed by atoms with Crippen molar-refractivity contribution in [1.29, 1.82) is 0 Å². The molecule has 1 aliphatic heterocycles. The lowest BCUT2D eigenvalue weighted by molar-refractivity contribution is -0.124. The van der Waals surface area contributed by atoms with Crippen LogP contribution in [0.2, 0.25) is 0 Å². The first-order chi connectivity index (χ1) is 13.4. The summed E-state index contributed by atoms with van der Waals surface area (Å²) >= 11 is 0. The highest BCUT2D eigenvalue weighted by molar-refractivity contribution is 5.84. The van der Waals surface area contributed by atoms with Crippen LogP contribution in [0.25, 0.3) is 0 Å². The van der Waals surface area contributed by atoms with E-state index in [0.717, 1.165) is 24.2 Å². The molecule has 166 valence electrons. The van der Waals surface area contributed by atoms with Crippen molar-refractivity contribution in [2.75, 3.05) is 33.7 Å². The predicted octanol–water partition coefficient (Wildman–Crippen LogP) is -0.535. The van der Waals surface area contributed by atoms with Gasteiger partial charge < -0.3 is 30.8 Å². The van der Waals surface area contributed by atoms with Gasteiger partial charge in [-0.3, -0.25) is 14.5 Å². The number of rotatable bonds is 10. The maximum Gasteiger partial charge on any atom is 0.410 e. The van der Waals surface area contributed by atoms with Gasteiger partial charge >= 0.3 is 6.09 Å². The van der Waals surface area contributed by atoms with Crippen molar-refractivity contribution in [2.24, 2.45) is 5.73 Å². The van der Waals surface area contributed by atoms with Crippen molar-refractivity contribution < 1.29 is 23.9 Å². The van der Waals surface area contributed by atoms with E-state index in [1.54, 1.807) is 20.8 Å². The van der Waals surface area contributed by atoms with E-state index in [9.17, 15) is 19.2 Å². The molecule has 0 radical (unpaired) electrons. The maximum absolute atomic E-state index is 12.1. The van der Waals surface area contributed by atoms with E-state index in [1.165, 1.54) is 7.05 Å². The zero-order valence-corrected chi connectivity index (χ0v) is 18.1. The Kier molecular flexibility index (Phi) is 9.51. The van der Waals surface area contributed by atoms with E-state index in [4.69, 9.17) is 10.5 Å². The second-order valence-electron chi connectivity index (χ2n) is 8.45. The van der Waals surface area contributed by atoms with Crippen LogP contribution in [0.3, 0.4) is 0 Å². The van der Waals surface area contributed by atoms with Gasteiger partial charge in [-0.1, -0.05) is 0 Å². The summed E-state index contributed by atoms with van der Waals surface area (Å²) in [5.41, 5.74) is 4.73. The molecule has 3 unspecified atom stereocenters. The third-order valence-corrected chi connectivity index (χ3v) is 4.78. The van der Waals surface area contributed by atoms with Crippen molar-refractivity contribution in [2.45, 2.75) is 63.8 Å². The SMILES string of the molecule is CN(CC(=O)NC(C=O)CNCCC1CCC(C(N)=O)N1C)C(=O)OC(C)(C)C. The smallest absolute Gasteiger partial charge is 0.410 e. The fraction of sp³-hybridized carbons (Fsp3) is 0.789. The minimum absolute atomic E-state index is 0.208. The number of likely N-dealkylation sites (N-methyl/N-ethyl adjacent to an activating group) is 2. The van der Waals surface area contributed by atoms with E-state index in [2.05, 4.69) is 10.6 Å². The van der Waals surface area contributed by atoms with Crippen LogP contribution in [0.4, 0.5) is 4.79 Å². The minimum atomic E-state index is -0.700. The average molecular weight is 414 g/mol. The molecule has 10 heteroatoms. The lowest BCUT2D eigenvalue weighted by atomic mass is 10.1. The number of likely N-dealkylation sites (tertiary alicyclic amines) is 1. The van der Waals surface area contributed by atoms with E-state index in [1.807, 2.05) is 11.9 Å². The third-order valence-electron chi connectivity index (χ3n) is 4.78. The Morgan fingerprint density at radius 1 is 1.31 bits per heavy atom. The van der Waals surface area contributed by atoms with Gasteiger partial charge in [0.2, 0.25) is 11.8 Å². The van der Waals surface area contributed by atoms with Crippen LogP contribution < -0.4 is 16.4 Å². The molecule has 4 N–H and O–H groups in total. The molecule has 0 aliphatic carbocycles. The molecule has 0 aromatic carbocycles. The van der Waals surface area contributed by atoms with Gasteiger partial charge in [0.05, 0.1) is 12.1 Å². The first-order valence-electron chi connectivity index (χ1n) is 9.85. The molecule has 1 fully saturated rings. The minimum Gasteiger partial charge on any atom is -0.444 e. The highest BCUT2D eigenvalue weighted by Crippen LogP contribution is 2.23. The molecule has 3 atom stereocenters. The van der Waals surface area contributed by atoms with E-state index in [0.29, 0.717) is 12.8 Å². The molecule has 1 rings (SSSR count). The molecule has 1 heterocycles. The molecule has 0 aromatic rings. The second kappa shape index (κ2) is 11.1. The summed E-state index contributed by atoms with van der Waals surface area (Å²) in [6.45, 7) is 5.93. The lowest BCUT2D eigenvalue weighted by Gasteiger charge is -2.25. The highest BCUT2D eigenvalue weighted by Gasteiger charge is 2.33. The Balaban J connectivity index is 2.32. The third kappa shape index (κ3) is 8.78. The first-order valence-corrected chi connectivity index (χ1v) is 9.85. The maximum atomic E-state index is 12.1. The highest BCUT2D eigenvalue weighted by atomic mass is 16.6. The molecule has 10 nitrogen and oxygen atoms in total. The number of primary amides is 1. The molecular formula is C19H35N5O5. The van der Waals surface area contributed by atoms with Gasteiger partial charge in [-0.05, 0) is 53.6 Å². The number of nitrogens with two attached hydrogens (primary N) is 1. The summed E-state index contributed by atoms with van der Waals surface area (Å²) in [6.07, 6.45) is 2.51. The van der Waals surface area contributed by atoms with Gasteiger partial charge in [-0.2, -0.15) is 0 Å². The topological polar surface area (TPSA) is 134 Å². The molecular weight excluding hydrogens is 378 g/mol. The number of carbonyl (C=O) groups is 4. The number of aldehydes is 1. The molecule has 0 spiro atoms. The number of hydrogen-bond donors (Lipinski definition) is 3. The standard InChI is InChI=1S/C19H35N5O5/c1-19(2,3)29-18(28)23(4)11-16(26)22-13(12-25)10-21-9-8-14-6-7-15(17(20)27)24(14)5/h12-15,21H,6-11H2,1-5H3,(H2,20,27)(H,22,26). The number of ether oxygens (including phenoxy) is 1. The number of amides is 3. The largest absolute Gasteiger partial charge is 0.444 e. The van der Waals surface area contributed by atoms with Crippen LogP contribution in [0, 0.1) is 0 Å². The Hall–Kier alpha value is -2.20. The Bertz CT molecular complexity index is 592. The Morgan fingerprint density at radius 3 is 2.48 bits per heavy atom. The van der Waals surface area contributed by atoms with Crippen molar-refractivity contribution in [3.8, 4) is 0 Å². The summed E-state index contributed by atoms with van der Waals surface area (Å²) in [5, 5.41) is 5.73. The lowest BCUT2D eigenvalue weighted by Crippen LogP contribution is -2.48. The number of carbonyl (C=O) groups excluding carboxylic acids is 4. The zero-order chi connectivity index (χ0) is 22.2. The van der Waals surface area contributed by atoms with Gasteiger partial charge in [0, 0.05) is 19.6 Å². The summed E-state index contributed by atoms with van der Waals surface area (Å²) in [6, 6.07) is -0.662. The van der Waals surface area contributed by atoms with Gasteiger partial charge in [0.15, 0.2) is 0 Å². The van der Waals surface area contributed by atoms with Gasteiger partial charge in [0.25, 0.3) is 0 Å². The number of hydrogen-bond acceptors (Lipinski definition) is 7. The summed E-state index contributed by atoms with van der Waals surface area (Å²) in [5.74, 6) is -0.750. The second-order valence-corrected chi connectivity index (χ2v) is 8.45. The molecule has 1 saturated heterocycles. The summed E-state index contributed by atoms with van der Waals surface area (Å²) in [4.78, 5) is 49.7. The van der Waals surface area contributed by atoms with Crippen LogP contribution in [0.1, 0.15) is 40.0 Å². The van der Waals surface area contributed by atoms with Crippen LogP contribution in [0.5, 0.6) is 0 Å². The van der Waals surface area contributed by atoms with Crippen LogP contribution in [-0.4, -0.2) is 91.4 Å². The predicted molar refractivity (Wildman–Crippen MR) is 108 cm³/mol. The van der Waals surface area contributed by atoms with Gasteiger partial charge in [0.1, 0.15) is 18.4 Å². The van der Waals surface area contributed by atoms with Crippen LogP contribution >= 0.6 is 0 Å². The molecule has 0 bridgehead atoms. The average Bonchev–Trinajstić information content (AvgIpc) is 2.96. The zero-order valence-electron chi connectivity index (χ0n) is 18.1. The Morgan fingerprint density at radius 2 is 1.97 bits per heavy atom. The monoisotopic (exact) mass is 413 g/mol. The van der Waals surface area contributed by atoms with Crippen molar-refractivity contribution in [1.82, 2.24) is 20.4 Å².